The number of halogens is 3. The number of carbonyl (C=O) groups is 2. The zero-order chi connectivity index (χ0) is 16.1. The van der Waals surface area contributed by atoms with Gasteiger partial charge in [-0.3, -0.25) is 4.79 Å². The Kier molecular flexibility index (Phi) is 5.65. The summed E-state index contributed by atoms with van der Waals surface area (Å²) in [5, 5.41) is 10.2. The number of benzene rings is 1. The van der Waals surface area contributed by atoms with Crippen molar-refractivity contribution in [2.45, 2.75) is 30.0 Å². The maximum Gasteiger partial charge on any atom is 0.422 e. The average Bonchev–Trinajstić information content (AvgIpc) is 2.38. The SMILES string of the molecule is CC(NC(=O)CCSc1ccccc1)(C(=O)O)C(F)(F)F. The number of carboxylic acids is 1. The summed E-state index contributed by atoms with van der Waals surface area (Å²) in [4.78, 5) is 23.1. The van der Waals surface area contributed by atoms with E-state index in [9.17, 15) is 22.8 Å². The minimum atomic E-state index is -5.07. The molecule has 0 aromatic heterocycles. The Hall–Kier alpha value is -1.70. The van der Waals surface area contributed by atoms with E-state index in [0.29, 0.717) is 6.92 Å². The summed E-state index contributed by atoms with van der Waals surface area (Å²) in [6, 6.07) is 9.03. The van der Waals surface area contributed by atoms with Crippen molar-refractivity contribution >= 4 is 23.6 Å². The zero-order valence-corrected chi connectivity index (χ0v) is 11.9. The molecule has 2 N–H and O–H groups in total. The highest BCUT2D eigenvalue weighted by atomic mass is 32.2. The third-order valence-electron chi connectivity index (χ3n) is 2.73. The van der Waals surface area contributed by atoms with Crippen molar-refractivity contribution in [2.24, 2.45) is 0 Å². The predicted molar refractivity (Wildman–Crippen MR) is 72.0 cm³/mol. The molecular formula is C13H14F3NO3S. The number of carbonyl (C=O) groups excluding carboxylic acids is 1. The van der Waals surface area contributed by atoms with Crippen molar-refractivity contribution in [3.8, 4) is 0 Å². The van der Waals surface area contributed by atoms with E-state index in [4.69, 9.17) is 5.11 Å². The summed E-state index contributed by atoms with van der Waals surface area (Å²) >= 11 is 1.30. The lowest BCUT2D eigenvalue weighted by Gasteiger charge is -2.28. The Morgan fingerprint density at radius 3 is 2.29 bits per heavy atom. The average molecular weight is 321 g/mol. The molecule has 0 spiro atoms. The van der Waals surface area contributed by atoms with Crippen LogP contribution in [-0.4, -0.2) is 34.5 Å². The molecule has 0 fully saturated rings. The largest absolute Gasteiger partial charge is 0.479 e. The maximum atomic E-state index is 12.7. The van der Waals surface area contributed by atoms with E-state index in [1.807, 2.05) is 6.07 Å². The lowest BCUT2D eigenvalue weighted by atomic mass is 10.0. The number of aliphatic carboxylic acids is 1. The third-order valence-corrected chi connectivity index (χ3v) is 3.74. The number of rotatable bonds is 6. The van der Waals surface area contributed by atoms with Gasteiger partial charge in [-0.15, -0.1) is 11.8 Å². The van der Waals surface area contributed by atoms with Gasteiger partial charge in [0.15, 0.2) is 0 Å². The van der Waals surface area contributed by atoms with Gasteiger partial charge < -0.3 is 10.4 Å². The number of nitrogens with one attached hydrogen (secondary N) is 1. The van der Waals surface area contributed by atoms with Crippen LogP contribution in [0.15, 0.2) is 35.2 Å². The summed E-state index contributed by atoms with van der Waals surface area (Å²) < 4.78 is 38.1. The number of thioether (sulfide) groups is 1. The maximum absolute atomic E-state index is 12.7. The molecule has 116 valence electrons. The van der Waals surface area contributed by atoms with Gasteiger partial charge in [0.1, 0.15) is 0 Å². The molecule has 0 saturated heterocycles. The number of carboxylic acid groups (broad SMARTS) is 1. The van der Waals surface area contributed by atoms with Crippen LogP contribution in [0.3, 0.4) is 0 Å². The van der Waals surface area contributed by atoms with Gasteiger partial charge in [0.05, 0.1) is 0 Å². The summed E-state index contributed by atoms with van der Waals surface area (Å²) in [7, 11) is 0. The third kappa shape index (κ3) is 4.66. The van der Waals surface area contributed by atoms with Gasteiger partial charge in [-0.1, -0.05) is 18.2 Å². The van der Waals surface area contributed by atoms with Crippen molar-refractivity contribution in [3.05, 3.63) is 30.3 Å². The summed E-state index contributed by atoms with van der Waals surface area (Å²) in [6.45, 7) is 0.428. The number of hydrogen-bond donors (Lipinski definition) is 2. The molecule has 1 aromatic rings. The van der Waals surface area contributed by atoms with E-state index in [-0.39, 0.29) is 12.2 Å². The Labute approximate surface area is 123 Å². The van der Waals surface area contributed by atoms with E-state index in [1.165, 1.54) is 11.8 Å². The van der Waals surface area contributed by atoms with Gasteiger partial charge in [-0.25, -0.2) is 4.79 Å². The Bertz CT molecular complexity index is 507. The number of alkyl halides is 3. The highest BCUT2D eigenvalue weighted by Gasteiger charge is 2.58. The van der Waals surface area contributed by atoms with Gasteiger partial charge >= 0.3 is 12.1 Å². The van der Waals surface area contributed by atoms with Crippen molar-refractivity contribution in [3.63, 3.8) is 0 Å². The molecule has 1 unspecified atom stereocenters. The van der Waals surface area contributed by atoms with E-state index < -0.39 is 23.6 Å². The second-order valence-electron chi connectivity index (χ2n) is 4.39. The molecular weight excluding hydrogens is 307 g/mol. The fourth-order valence-electron chi connectivity index (χ4n) is 1.37. The summed E-state index contributed by atoms with van der Waals surface area (Å²) in [6.07, 6.45) is -5.28. The quantitative estimate of drug-likeness (QED) is 0.791. The predicted octanol–water partition coefficient (Wildman–Crippen LogP) is 2.69. The second kappa shape index (κ2) is 6.84. The second-order valence-corrected chi connectivity index (χ2v) is 5.56. The van der Waals surface area contributed by atoms with Crippen LogP contribution in [0, 0.1) is 0 Å². The van der Waals surface area contributed by atoms with Gasteiger partial charge in [-0.2, -0.15) is 13.2 Å². The molecule has 1 atom stereocenters. The van der Waals surface area contributed by atoms with Crippen LogP contribution in [0.25, 0.3) is 0 Å². The molecule has 4 nitrogen and oxygen atoms in total. The topological polar surface area (TPSA) is 66.4 Å². The summed E-state index contributed by atoms with van der Waals surface area (Å²) in [5.74, 6) is -2.84. The Balaban J connectivity index is 2.54. The van der Waals surface area contributed by atoms with Crippen LogP contribution in [0.2, 0.25) is 0 Å². The molecule has 0 aliphatic heterocycles. The minimum Gasteiger partial charge on any atom is -0.479 e. The molecule has 1 aromatic carbocycles. The first-order chi connectivity index (χ1) is 9.67. The lowest BCUT2D eigenvalue weighted by molar-refractivity contribution is -0.206. The van der Waals surface area contributed by atoms with Crippen LogP contribution < -0.4 is 5.32 Å². The first-order valence-electron chi connectivity index (χ1n) is 5.96. The molecule has 0 saturated carbocycles. The van der Waals surface area contributed by atoms with E-state index >= 15 is 0 Å². The molecule has 0 aliphatic carbocycles. The lowest BCUT2D eigenvalue weighted by Crippen LogP contribution is -2.61. The van der Waals surface area contributed by atoms with Crippen molar-refractivity contribution in [1.82, 2.24) is 5.32 Å². The van der Waals surface area contributed by atoms with Crippen molar-refractivity contribution in [1.29, 1.82) is 0 Å². The van der Waals surface area contributed by atoms with E-state index in [2.05, 4.69) is 0 Å². The standard InChI is InChI=1S/C13H14F3NO3S/c1-12(11(19)20,13(14,15)16)17-10(18)7-8-21-9-5-3-2-4-6-9/h2-6H,7-8H2,1H3,(H,17,18)(H,19,20). The molecule has 0 radical (unpaired) electrons. The van der Waals surface area contributed by atoms with E-state index in [0.717, 1.165) is 4.90 Å². The van der Waals surface area contributed by atoms with Crippen molar-refractivity contribution < 1.29 is 27.9 Å². The molecule has 1 amide bonds. The first kappa shape index (κ1) is 17.4. The molecule has 21 heavy (non-hydrogen) atoms. The number of amides is 1. The number of hydrogen-bond acceptors (Lipinski definition) is 3. The highest BCUT2D eigenvalue weighted by Crippen LogP contribution is 2.30. The monoisotopic (exact) mass is 321 g/mol. The van der Waals surface area contributed by atoms with E-state index in [1.54, 1.807) is 29.6 Å². The fraction of sp³-hybridized carbons (Fsp3) is 0.385. The normalized spacial score (nSPS) is 14.3. The van der Waals surface area contributed by atoms with Crippen LogP contribution in [-0.2, 0) is 9.59 Å². The van der Waals surface area contributed by atoms with Crippen molar-refractivity contribution in [2.75, 3.05) is 5.75 Å². The molecule has 0 bridgehead atoms. The Morgan fingerprint density at radius 2 is 1.81 bits per heavy atom. The van der Waals surface area contributed by atoms with Crippen LogP contribution >= 0.6 is 11.8 Å². The van der Waals surface area contributed by atoms with Gasteiger partial charge in [0.25, 0.3) is 0 Å². The highest BCUT2D eigenvalue weighted by molar-refractivity contribution is 7.99. The molecule has 0 aliphatic rings. The molecule has 1 rings (SSSR count). The first-order valence-corrected chi connectivity index (χ1v) is 6.94. The summed E-state index contributed by atoms with van der Waals surface area (Å²) in [5.41, 5.74) is -3.28. The zero-order valence-electron chi connectivity index (χ0n) is 11.1. The minimum absolute atomic E-state index is 0.210. The Morgan fingerprint density at radius 1 is 1.24 bits per heavy atom. The molecule has 0 heterocycles. The van der Waals surface area contributed by atoms with Crippen LogP contribution in [0.1, 0.15) is 13.3 Å². The van der Waals surface area contributed by atoms with Gasteiger partial charge in [0.2, 0.25) is 11.4 Å². The van der Waals surface area contributed by atoms with Crippen LogP contribution in [0.4, 0.5) is 13.2 Å². The fourth-order valence-corrected chi connectivity index (χ4v) is 2.24. The van der Waals surface area contributed by atoms with Gasteiger partial charge in [0, 0.05) is 17.1 Å². The molecule has 8 heteroatoms. The smallest absolute Gasteiger partial charge is 0.422 e. The van der Waals surface area contributed by atoms with Crippen LogP contribution in [0.5, 0.6) is 0 Å². The van der Waals surface area contributed by atoms with Gasteiger partial charge in [-0.05, 0) is 19.1 Å².